The summed E-state index contributed by atoms with van der Waals surface area (Å²) in [5.74, 6) is -1.52. The summed E-state index contributed by atoms with van der Waals surface area (Å²) in [5.41, 5.74) is -0.409. The van der Waals surface area contributed by atoms with Gasteiger partial charge in [0.15, 0.2) is 5.69 Å². The lowest BCUT2D eigenvalue weighted by Gasteiger charge is -2.13. The molecule has 1 N–H and O–H groups in total. The molecular weight excluding hydrogens is 453 g/mol. The second-order valence-electron chi connectivity index (χ2n) is 6.92. The van der Waals surface area contributed by atoms with Crippen LogP contribution in [0.15, 0.2) is 67.4 Å². The van der Waals surface area contributed by atoms with Crippen molar-refractivity contribution in [3.8, 4) is 11.4 Å². The number of esters is 1. The van der Waals surface area contributed by atoms with Crippen LogP contribution >= 0.6 is 0 Å². The quantitative estimate of drug-likeness (QED) is 0.429. The van der Waals surface area contributed by atoms with Gasteiger partial charge in [-0.1, -0.05) is 0 Å². The number of alkyl halides is 3. The van der Waals surface area contributed by atoms with Crippen LogP contribution in [-0.2, 0) is 10.9 Å². The highest BCUT2D eigenvalue weighted by Crippen LogP contribution is 2.34. The van der Waals surface area contributed by atoms with E-state index < -0.39 is 29.3 Å². The third-order valence-corrected chi connectivity index (χ3v) is 4.72. The van der Waals surface area contributed by atoms with E-state index in [0.717, 1.165) is 11.9 Å². The van der Waals surface area contributed by atoms with Crippen LogP contribution in [0.2, 0.25) is 0 Å². The molecule has 4 rings (SSSR count). The number of hydrogen-bond donors (Lipinski definition) is 1. The molecule has 4 aromatic rings. The van der Waals surface area contributed by atoms with Crippen LogP contribution < -0.4 is 5.32 Å². The first kappa shape index (κ1) is 22.7. The Hall–Kier alpha value is -4.48. The van der Waals surface area contributed by atoms with Crippen LogP contribution in [0, 0.1) is 0 Å². The minimum absolute atomic E-state index is 0.0538. The number of anilines is 1. The fourth-order valence-electron chi connectivity index (χ4n) is 3.17. The maximum atomic E-state index is 13.7. The Labute approximate surface area is 190 Å². The summed E-state index contributed by atoms with van der Waals surface area (Å²) < 4.78 is 47.8. The van der Waals surface area contributed by atoms with E-state index in [1.165, 1.54) is 48.5 Å². The summed E-state index contributed by atoms with van der Waals surface area (Å²) in [7, 11) is 0. The third-order valence-electron chi connectivity index (χ3n) is 4.72. The molecule has 0 fully saturated rings. The highest BCUT2D eigenvalue weighted by molar-refractivity contribution is 6.04. The van der Waals surface area contributed by atoms with Crippen LogP contribution in [0.4, 0.5) is 18.9 Å². The number of amides is 1. The zero-order chi connectivity index (χ0) is 24.3. The molecule has 0 bridgehead atoms. The molecule has 1 amide bonds. The summed E-state index contributed by atoms with van der Waals surface area (Å²) in [6.45, 7) is 1.42. The van der Waals surface area contributed by atoms with Gasteiger partial charge in [-0.15, -0.1) is 0 Å². The molecule has 0 aliphatic rings. The normalized spacial score (nSPS) is 11.3. The van der Waals surface area contributed by atoms with Crippen molar-refractivity contribution >= 4 is 17.6 Å². The smallest absolute Gasteiger partial charge is 0.434 e. The summed E-state index contributed by atoms with van der Waals surface area (Å²) in [4.78, 5) is 28.3. The number of hydrogen-bond acceptors (Lipinski definition) is 6. The van der Waals surface area contributed by atoms with E-state index in [1.54, 1.807) is 24.3 Å². The summed E-state index contributed by atoms with van der Waals surface area (Å²) in [6, 6.07) is 12.2. The number of ether oxygens (including phenoxy) is 1. The third kappa shape index (κ3) is 4.65. The maximum absolute atomic E-state index is 13.7. The number of halogens is 3. The van der Waals surface area contributed by atoms with E-state index in [-0.39, 0.29) is 12.3 Å². The Morgan fingerprint density at radius 2 is 1.68 bits per heavy atom. The van der Waals surface area contributed by atoms with E-state index in [2.05, 4.69) is 20.5 Å². The van der Waals surface area contributed by atoms with Crippen molar-refractivity contribution in [3.63, 3.8) is 0 Å². The molecule has 174 valence electrons. The average molecular weight is 470 g/mol. The predicted molar refractivity (Wildman–Crippen MR) is 114 cm³/mol. The minimum atomic E-state index is -4.84. The molecule has 12 heteroatoms. The minimum Gasteiger partial charge on any atom is -0.462 e. The number of carbonyl (C=O) groups excluding carboxylic acids is 2. The first-order chi connectivity index (χ1) is 16.3. The molecule has 0 aliphatic heterocycles. The van der Waals surface area contributed by atoms with E-state index in [9.17, 15) is 22.8 Å². The lowest BCUT2D eigenvalue weighted by molar-refractivity contribution is -0.143. The molecular formula is C22H17F3N6O3. The van der Waals surface area contributed by atoms with Gasteiger partial charge in [-0.25, -0.2) is 19.1 Å². The van der Waals surface area contributed by atoms with Crippen molar-refractivity contribution in [1.82, 2.24) is 24.5 Å². The standard InChI is InChI=1S/C22H17F3N6O3/c1-2-34-21(33)18-11-27-31(19(18)22(23,24)25)17-9-5-15(6-10-17)29-20(32)14-3-7-16(8-4-14)30-13-26-12-28-30/h3-13H,2H2,1H3,(H,29,32). The summed E-state index contributed by atoms with van der Waals surface area (Å²) in [5, 5.41) is 10.4. The van der Waals surface area contributed by atoms with Crippen molar-refractivity contribution in [2.75, 3.05) is 11.9 Å². The van der Waals surface area contributed by atoms with Gasteiger partial charge in [0, 0.05) is 11.3 Å². The SMILES string of the molecule is CCOC(=O)c1cnn(-c2ccc(NC(=O)c3ccc(-n4cncn4)cc3)cc2)c1C(F)(F)F. The van der Waals surface area contributed by atoms with Crippen molar-refractivity contribution in [3.05, 3.63) is 84.2 Å². The molecule has 0 spiro atoms. The van der Waals surface area contributed by atoms with Gasteiger partial charge >= 0.3 is 12.1 Å². The second-order valence-corrected chi connectivity index (χ2v) is 6.92. The number of rotatable bonds is 6. The fraction of sp³-hybridized carbons (Fsp3) is 0.136. The highest BCUT2D eigenvalue weighted by Gasteiger charge is 2.41. The molecule has 0 unspecified atom stereocenters. The zero-order valence-electron chi connectivity index (χ0n) is 17.7. The summed E-state index contributed by atoms with van der Waals surface area (Å²) >= 11 is 0. The lowest BCUT2D eigenvalue weighted by atomic mass is 10.2. The Morgan fingerprint density at radius 1 is 1.00 bits per heavy atom. The van der Waals surface area contributed by atoms with Gasteiger partial charge in [0.05, 0.1) is 24.2 Å². The van der Waals surface area contributed by atoms with Crippen LogP contribution in [0.3, 0.4) is 0 Å². The Bertz CT molecular complexity index is 1300. The average Bonchev–Trinajstić information content (AvgIpc) is 3.50. The largest absolute Gasteiger partial charge is 0.462 e. The van der Waals surface area contributed by atoms with E-state index in [0.29, 0.717) is 15.9 Å². The molecule has 2 aromatic heterocycles. The van der Waals surface area contributed by atoms with E-state index >= 15 is 0 Å². The molecule has 0 atom stereocenters. The van der Waals surface area contributed by atoms with Crippen molar-refractivity contribution in [2.24, 2.45) is 0 Å². The van der Waals surface area contributed by atoms with Gasteiger partial charge in [0.25, 0.3) is 5.91 Å². The van der Waals surface area contributed by atoms with Crippen LogP contribution in [0.1, 0.15) is 33.3 Å². The van der Waals surface area contributed by atoms with Crippen molar-refractivity contribution < 1.29 is 27.5 Å². The van der Waals surface area contributed by atoms with Gasteiger partial charge in [0.1, 0.15) is 18.2 Å². The molecule has 0 radical (unpaired) electrons. The van der Waals surface area contributed by atoms with Crippen molar-refractivity contribution in [2.45, 2.75) is 13.1 Å². The Kier molecular flexibility index (Phi) is 6.13. The maximum Gasteiger partial charge on any atom is 0.434 e. The van der Waals surface area contributed by atoms with E-state index in [1.807, 2.05) is 0 Å². The molecule has 0 saturated heterocycles. The molecule has 2 heterocycles. The fourth-order valence-corrected chi connectivity index (χ4v) is 3.17. The number of benzene rings is 2. The van der Waals surface area contributed by atoms with Gasteiger partial charge in [-0.3, -0.25) is 4.79 Å². The second kappa shape index (κ2) is 9.17. The van der Waals surface area contributed by atoms with Gasteiger partial charge in [-0.05, 0) is 55.5 Å². The predicted octanol–water partition coefficient (Wildman–Crippen LogP) is 3.90. The van der Waals surface area contributed by atoms with Crippen LogP contribution in [-0.4, -0.2) is 43.0 Å². The molecule has 0 saturated carbocycles. The number of carbonyl (C=O) groups is 2. The first-order valence-corrected chi connectivity index (χ1v) is 9.97. The number of aromatic nitrogens is 5. The molecule has 2 aromatic carbocycles. The van der Waals surface area contributed by atoms with Crippen molar-refractivity contribution in [1.29, 1.82) is 0 Å². The van der Waals surface area contributed by atoms with Crippen LogP contribution in [0.25, 0.3) is 11.4 Å². The van der Waals surface area contributed by atoms with E-state index in [4.69, 9.17) is 4.74 Å². The molecule has 9 nitrogen and oxygen atoms in total. The van der Waals surface area contributed by atoms with Crippen LogP contribution in [0.5, 0.6) is 0 Å². The monoisotopic (exact) mass is 470 g/mol. The topological polar surface area (TPSA) is 104 Å². The first-order valence-electron chi connectivity index (χ1n) is 9.97. The summed E-state index contributed by atoms with van der Waals surface area (Å²) in [6.07, 6.45) is -1.11. The van der Waals surface area contributed by atoms with Gasteiger partial charge in [-0.2, -0.15) is 23.4 Å². The molecule has 0 aliphatic carbocycles. The Balaban J connectivity index is 1.52. The lowest BCUT2D eigenvalue weighted by Crippen LogP contribution is -2.18. The Morgan fingerprint density at radius 3 is 2.26 bits per heavy atom. The number of nitrogens with zero attached hydrogens (tertiary/aromatic N) is 5. The number of nitrogens with one attached hydrogen (secondary N) is 1. The zero-order valence-corrected chi connectivity index (χ0v) is 17.7. The van der Waals surface area contributed by atoms with Gasteiger partial charge < -0.3 is 10.1 Å². The van der Waals surface area contributed by atoms with Gasteiger partial charge in [0.2, 0.25) is 0 Å². The molecule has 34 heavy (non-hydrogen) atoms. The highest BCUT2D eigenvalue weighted by atomic mass is 19.4.